The Kier molecular flexibility index (Phi) is 6.37. The van der Waals surface area contributed by atoms with Gasteiger partial charge in [-0.1, -0.05) is 26.0 Å². The van der Waals surface area contributed by atoms with Gasteiger partial charge in [-0.15, -0.1) is 0 Å². The zero-order valence-corrected chi connectivity index (χ0v) is 14.2. The average Bonchev–Trinajstić information content (AvgIpc) is 2.98. The van der Waals surface area contributed by atoms with Crippen molar-refractivity contribution in [3.05, 3.63) is 30.0 Å². The van der Waals surface area contributed by atoms with Crippen molar-refractivity contribution in [3.63, 3.8) is 0 Å². The quantitative estimate of drug-likeness (QED) is 0.545. The van der Waals surface area contributed by atoms with Crippen molar-refractivity contribution in [3.8, 4) is 5.75 Å². The molecule has 2 aromatic rings. The third-order valence-electron chi connectivity index (χ3n) is 4.12. The molecule has 0 saturated heterocycles. The standard InChI is InChI=1S/C18H24N2O4/c1-3-20(4-2)11-10-13-12-19-18-14(13)6-5-7-15(18)24-17(23)9-8-16(21)22/h5-7,12,19H,3-4,8-11H2,1-2H3,(H,21,22). The van der Waals surface area contributed by atoms with E-state index in [9.17, 15) is 9.59 Å². The number of hydrogen-bond acceptors (Lipinski definition) is 4. The van der Waals surface area contributed by atoms with Crippen LogP contribution in [0.25, 0.3) is 10.9 Å². The lowest BCUT2D eigenvalue weighted by molar-refractivity contribution is -0.142. The van der Waals surface area contributed by atoms with Crippen LogP contribution in [0.4, 0.5) is 0 Å². The van der Waals surface area contributed by atoms with Crippen LogP contribution >= 0.6 is 0 Å². The summed E-state index contributed by atoms with van der Waals surface area (Å²) in [6.45, 7) is 7.31. The number of H-pyrrole nitrogens is 1. The molecule has 2 rings (SSSR count). The molecule has 130 valence electrons. The number of nitrogens with one attached hydrogen (secondary N) is 1. The number of carboxylic acids is 1. The van der Waals surface area contributed by atoms with Crippen LogP contribution in [0.1, 0.15) is 32.3 Å². The lowest BCUT2D eigenvalue weighted by atomic mass is 10.1. The number of aromatic nitrogens is 1. The van der Waals surface area contributed by atoms with Gasteiger partial charge in [-0.25, -0.2) is 0 Å². The Morgan fingerprint density at radius 2 is 1.96 bits per heavy atom. The summed E-state index contributed by atoms with van der Waals surface area (Å²) >= 11 is 0. The Hall–Kier alpha value is -2.34. The summed E-state index contributed by atoms with van der Waals surface area (Å²) in [7, 11) is 0. The van der Waals surface area contributed by atoms with E-state index < -0.39 is 11.9 Å². The molecular formula is C18H24N2O4. The average molecular weight is 332 g/mol. The number of aromatic amines is 1. The van der Waals surface area contributed by atoms with E-state index in [0.29, 0.717) is 5.75 Å². The van der Waals surface area contributed by atoms with Gasteiger partial charge in [-0.05, 0) is 31.1 Å². The first-order valence-corrected chi connectivity index (χ1v) is 8.29. The molecule has 1 heterocycles. The van der Waals surface area contributed by atoms with E-state index in [-0.39, 0.29) is 12.8 Å². The van der Waals surface area contributed by atoms with Crippen molar-refractivity contribution < 1.29 is 19.4 Å². The molecule has 0 bridgehead atoms. The molecule has 0 amide bonds. The largest absolute Gasteiger partial charge is 0.481 e. The summed E-state index contributed by atoms with van der Waals surface area (Å²) in [5, 5.41) is 9.66. The molecule has 0 unspecified atom stereocenters. The molecule has 1 aromatic carbocycles. The Bertz CT molecular complexity index is 704. The second kappa shape index (κ2) is 8.49. The molecule has 0 fully saturated rings. The van der Waals surface area contributed by atoms with Crippen LogP contribution in [0.5, 0.6) is 5.75 Å². The lowest BCUT2D eigenvalue weighted by Crippen LogP contribution is -2.25. The zero-order valence-electron chi connectivity index (χ0n) is 14.2. The van der Waals surface area contributed by atoms with Gasteiger partial charge in [-0.2, -0.15) is 0 Å². The van der Waals surface area contributed by atoms with Crippen LogP contribution in [-0.2, 0) is 16.0 Å². The fraction of sp³-hybridized carbons (Fsp3) is 0.444. The van der Waals surface area contributed by atoms with Crippen LogP contribution in [0, 0.1) is 0 Å². The number of likely N-dealkylation sites (N-methyl/N-ethyl adjacent to an activating group) is 1. The van der Waals surface area contributed by atoms with Crippen LogP contribution in [0.15, 0.2) is 24.4 Å². The molecule has 1 aromatic heterocycles. The molecule has 2 N–H and O–H groups in total. The number of nitrogens with zero attached hydrogens (tertiary/aromatic N) is 1. The Morgan fingerprint density at radius 1 is 1.21 bits per heavy atom. The zero-order chi connectivity index (χ0) is 17.5. The molecule has 6 nitrogen and oxygen atoms in total. The van der Waals surface area contributed by atoms with Gasteiger partial charge in [0.05, 0.1) is 18.4 Å². The maximum Gasteiger partial charge on any atom is 0.311 e. The number of aliphatic carboxylic acids is 1. The number of benzene rings is 1. The van der Waals surface area contributed by atoms with Crippen molar-refractivity contribution in [2.24, 2.45) is 0 Å². The fourth-order valence-corrected chi connectivity index (χ4v) is 2.68. The molecule has 24 heavy (non-hydrogen) atoms. The summed E-state index contributed by atoms with van der Waals surface area (Å²) in [6.07, 6.45) is 2.50. The summed E-state index contributed by atoms with van der Waals surface area (Å²) in [4.78, 5) is 27.8. The first-order valence-electron chi connectivity index (χ1n) is 8.29. The SMILES string of the molecule is CCN(CC)CCc1c[nH]c2c(OC(=O)CCC(=O)O)cccc12. The molecule has 0 aliphatic rings. The van der Waals surface area contributed by atoms with Gasteiger partial charge in [0.15, 0.2) is 5.75 Å². The molecule has 0 aliphatic heterocycles. The minimum absolute atomic E-state index is 0.138. The van der Waals surface area contributed by atoms with E-state index >= 15 is 0 Å². The number of carbonyl (C=O) groups is 2. The molecule has 0 aliphatic carbocycles. The predicted molar refractivity (Wildman–Crippen MR) is 92.3 cm³/mol. The number of para-hydroxylation sites is 1. The van der Waals surface area contributed by atoms with Gasteiger partial charge in [0.1, 0.15) is 0 Å². The highest BCUT2D eigenvalue weighted by Crippen LogP contribution is 2.28. The van der Waals surface area contributed by atoms with Crippen LogP contribution in [0.2, 0.25) is 0 Å². The van der Waals surface area contributed by atoms with Crippen LogP contribution in [0.3, 0.4) is 0 Å². The minimum Gasteiger partial charge on any atom is -0.481 e. The van der Waals surface area contributed by atoms with Crippen molar-refractivity contribution >= 4 is 22.8 Å². The number of carbonyl (C=O) groups excluding carboxylic acids is 1. The van der Waals surface area contributed by atoms with Gasteiger partial charge < -0.3 is 19.7 Å². The van der Waals surface area contributed by atoms with E-state index in [1.54, 1.807) is 6.07 Å². The number of carboxylic acid groups (broad SMARTS) is 1. The normalized spacial score (nSPS) is 11.1. The Morgan fingerprint density at radius 3 is 2.62 bits per heavy atom. The van der Waals surface area contributed by atoms with E-state index in [4.69, 9.17) is 9.84 Å². The molecule has 0 atom stereocenters. The Labute approximate surface area is 141 Å². The van der Waals surface area contributed by atoms with Crippen molar-refractivity contribution in [1.29, 1.82) is 0 Å². The van der Waals surface area contributed by atoms with E-state index in [2.05, 4.69) is 23.7 Å². The first-order chi connectivity index (χ1) is 11.5. The number of rotatable bonds is 9. The van der Waals surface area contributed by atoms with E-state index in [1.807, 2.05) is 18.3 Å². The third-order valence-corrected chi connectivity index (χ3v) is 4.12. The predicted octanol–water partition coefficient (Wildman–Crippen LogP) is 2.82. The molecule has 0 saturated carbocycles. The van der Waals surface area contributed by atoms with Crippen molar-refractivity contribution in [2.45, 2.75) is 33.1 Å². The number of fused-ring (bicyclic) bond motifs is 1. The summed E-state index contributed by atoms with van der Waals surface area (Å²) in [6, 6.07) is 5.56. The highest BCUT2D eigenvalue weighted by atomic mass is 16.5. The third kappa shape index (κ3) is 4.58. The fourth-order valence-electron chi connectivity index (χ4n) is 2.68. The molecular weight excluding hydrogens is 308 g/mol. The van der Waals surface area contributed by atoms with Gasteiger partial charge in [-0.3, -0.25) is 9.59 Å². The summed E-state index contributed by atoms with van der Waals surface area (Å²) in [5.41, 5.74) is 1.95. The smallest absolute Gasteiger partial charge is 0.311 e. The maximum absolute atomic E-state index is 11.8. The van der Waals surface area contributed by atoms with Crippen LogP contribution in [-0.4, -0.2) is 46.6 Å². The van der Waals surface area contributed by atoms with Gasteiger partial charge in [0, 0.05) is 18.1 Å². The second-order valence-electron chi connectivity index (χ2n) is 5.64. The Balaban J connectivity index is 2.10. The van der Waals surface area contributed by atoms with Crippen molar-refractivity contribution in [1.82, 2.24) is 9.88 Å². The molecule has 0 radical (unpaired) electrons. The highest BCUT2D eigenvalue weighted by Gasteiger charge is 2.13. The molecule has 6 heteroatoms. The maximum atomic E-state index is 11.8. The topological polar surface area (TPSA) is 82.6 Å². The van der Waals surface area contributed by atoms with Gasteiger partial charge in [0.25, 0.3) is 0 Å². The highest BCUT2D eigenvalue weighted by molar-refractivity contribution is 5.90. The summed E-state index contributed by atoms with van der Waals surface area (Å²) in [5.74, 6) is -1.11. The lowest BCUT2D eigenvalue weighted by Gasteiger charge is -2.17. The first kappa shape index (κ1) is 18.0. The number of hydrogen-bond donors (Lipinski definition) is 2. The van der Waals surface area contributed by atoms with Crippen molar-refractivity contribution in [2.75, 3.05) is 19.6 Å². The second-order valence-corrected chi connectivity index (χ2v) is 5.64. The number of esters is 1. The summed E-state index contributed by atoms with van der Waals surface area (Å²) < 4.78 is 5.32. The minimum atomic E-state index is -1.01. The monoisotopic (exact) mass is 332 g/mol. The number of ether oxygens (including phenoxy) is 1. The van der Waals surface area contributed by atoms with Crippen LogP contribution < -0.4 is 4.74 Å². The van der Waals surface area contributed by atoms with Gasteiger partial charge >= 0.3 is 11.9 Å². The van der Waals surface area contributed by atoms with E-state index in [0.717, 1.165) is 37.0 Å². The molecule has 0 spiro atoms. The van der Waals surface area contributed by atoms with Gasteiger partial charge in [0.2, 0.25) is 0 Å². The van der Waals surface area contributed by atoms with E-state index in [1.165, 1.54) is 5.56 Å².